The van der Waals surface area contributed by atoms with E-state index < -0.39 is 0 Å². The number of fused-ring (bicyclic) bond motifs is 5. The highest BCUT2D eigenvalue weighted by molar-refractivity contribution is 5.13. The first-order valence-electron chi connectivity index (χ1n) is 11.9. The standard InChI is InChI=1S/C24H42O4/c1-14(5-4-10-25)18-13-20(28)22-21-17(7-9-24(18,22)3)23(2)8-6-16(26)11-15(23)12-19(21)27/h14-22,25-28H,4-13H2,1-3H3. The molecule has 11 atom stereocenters. The number of aliphatic hydroxyl groups excluding tert-OH is 4. The van der Waals surface area contributed by atoms with Crippen molar-refractivity contribution in [1.82, 2.24) is 0 Å². The van der Waals surface area contributed by atoms with Crippen LogP contribution in [0.5, 0.6) is 0 Å². The zero-order chi connectivity index (χ0) is 20.3. The minimum atomic E-state index is -0.348. The van der Waals surface area contributed by atoms with Gasteiger partial charge in [-0.25, -0.2) is 0 Å². The van der Waals surface area contributed by atoms with Gasteiger partial charge in [0.05, 0.1) is 18.3 Å². The molecule has 4 aliphatic carbocycles. The minimum absolute atomic E-state index is 0.0911. The molecule has 0 aliphatic heterocycles. The number of hydrogen-bond acceptors (Lipinski definition) is 4. The van der Waals surface area contributed by atoms with Crippen LogP contribution < -0.4 is 0 Å². The molecule has 4 nitrogen and oxygen atoms in total. The van der Waals surface area contributed by atoms with Crippen LogP contribution in [0.3, 0.4) is 0 Å². The van der Waals surface area contributed by atoms with Crippen molar-refractivity contribution < 1.29 is 20.4 Å². The molecule has 28 heavy (non-hydrogen) atoms. The summed E-state index contributed by atoms with van der Waals surface area (Å²) in [4.78, 5) is 0. The van der Waals surface area contributed by atoms with Crippen molar-refractivity contribution in [2.75, 3.05) is 6.61 Å². The Labute approximate surface area is 170 Å². The fourth-order valence-corrected chi connectivity index (χ4v) is 8.79. The van der Waals surface area contributed by atoms with Crippen molar-refractivity contribution in [2.45, 2.75) is 96.9 Å². The highest BCUT2D eigenvalue weighted by Crippen LogP contribution is 2.68. The van der Waals surface area contributed by atoms with E-state index in [1.807, 2.05) is 0 Å². The molecule has 162 valence electrons. The summed E-state index contributed by atoms with van der Waals surface area (Å²) in [5.74, 6) is 2.24. The molecule has 4 heteroatoms. The number of hydrogen-bond donors (Lipinski definition) is 4. The molecule has 0 bridgehead atoms. The van der Waals surface area contributed by atoms with Crippen LogP contribution in [0.15, 0.2) is 0 Å². The molecule has 0 heterocycles. The quantitative estimate of drug-likeness (QED) is 0.589. The molecule has 4 fully saturated rings. The van der Waals surface area contributed by atoms with E-state index in [9.17, 15) is 20.4 Å². The third kappa shape index (κ3) is 3.09. The van der Waals surface area contributed by atoms with E-state index in [-0.39, 0.29) is 47.6 Å². The van der Waals surface area contributed by atoms with Crippen molar-refractivity contribution in [3.8, 4) is 0 Å². The number of rotatable bonds is 4. The molecular weight excluding hydrogens is 352 g/mol. The van der Waals surface area contributed by atoms with E-state index >= 15 is 0 Å². The lowest BCUT2D eigenvalue weighted by molar-refractivity contribution is -0.185. The molecule has 0 radical (unpaired) electrons. The van der Waals surface area contributed by atoms with Crippen molar-refractivity contribution in [3.63, 3.8) is 0 Å². The Morgan fingerprint density at radius 1 is 0.929 bits per heavy atom. The predicted octanol–water partition coefficient (Wildman–Crippen LogP) is 3.36. The molecule has 4 saturated carbocycles. The van der Waals surface area contributed by atoms with Crippen molar-refractivity contribution >= 4 is 0 Å². The van der Waals surface area contributed by atoms with Crippen LogP contribution >= 0.6 is 0 Å². The number of aliphatic hydroxyl groups is 4. The van der Waals surface area contributed by atoms with Gasteiger partial charge in [-0.2, -0.15) is 0 Å². The van der Waals surface area contributed by atoms with Gasteiger partial charge in [-0.1, -0.05) is 20.8 Å². The Morgan fingerprint density at radius 2 is 1.64 bits per heavy atom. The Bertz CT molecular complexity index is 567. The second-order valence-corrected chi connectivity index (χ2v) is 11.4. The third-order valence-electron chi connectivity index (χ3n) is 10.2. The van der Waals surface area contributed by atoms with Crippen LogP contribution in [0, 0.1) is 46.3 Å². The highest BCUT2D eigenvalue weighted by Gasteiger charge is 2.65. The Hall–Kier alpha value is -0.160. The molecule has 0 aromatic carbocycles. The van der Waals surface area contributed by atoms with Crippen molar-refractivity contribution in [3.05, 3.63) is 0 Å². The molecule has 0 saturated heterocycles. The van der Waals surface area contributed by atoms with Gasteiger partial charge in [0.25, 0.3) is 0 Å². The molecule has 0 aromatic heterocycles. The first-order valence-corrected chi connectivity index (χ1v) is 11.9. The Kier molecular flexibility index (Phi) is 5.66. The van der Waals surface area contributed by atoms with E-state index in [1.165, 1.54) is 0 Å². The van der Waals surface area contributed by atoms with Crippen LogP contribution in [0.4, 0.5) is 0 Å². The van der Waals surface area contributed by atoms with Gasteiger partial charge in [-0.3, -0.25) is 0 Å². The fourth-order valence-electron chi connectivity index (χ4n) is 8.79. The van der Waals surface area contributed by atoms with Crippen LogP contribution in [0.2, 0.25) is 0 Å². The van der Waals surface area contributed by atoms with Gasteiger partial charge in [0, 0.05) is 6.61 Å². The SMILES string of the molecule is CC(CCCO)C1CC(O)C2C3C(O)CC4CC(O)CCC4(C)C3CCC12C. The summed E-state index contributed by atoms with van der Waals surface area (Å²) >= 11 is 0. The molecule has 0 aromatic rings. The second kappa shape index (κ2) is 7.51. The Balaban J connectivity index is 1.62. The average Bonchev–Trinajstić information content (AvgIpc) is 2.92. The van der Waals surface area contributed by atoms with Crippen LogP contribution in [-0.2, 0) is 0 Å². The van der Waals surface area contributed by atoms with Crippen LogP contribution in [0.25, 0.3) is 0 Å². The van der Waals surface area contributed by atoms with E-state index in [4.69, 9.17) is 0 Å². The lowest BCUT2D eigenvalue weighted by atomic mass is 9.43. The van der Waals surface area contributed by atoms with E-state index in [0.717, 1.165) is 57.8 Å². The molecule has 0 spiro atoms. The predicted molar refractivity (Wildman–Crippen MR) is 109 cm³/mol. The smallest absolute Gasteiger partial charge is 0.0580 e. The van der Waals surface area contributed by atoms with Crippen LogP contribution in [0.1, 0.15) is 78.6 Å². The Morgan fingerprint density at radius 3 is 2.36 bits per heavy atom. The molecular formula is C24H42O4. The summed E-state index contributed by atoms with van der Waals surface area (Å²) in [5, 5.41) is 41.9. The average molecular weight is 395 g/mol. The summed E-state index contributed by atoms with van der Waals surface area (Å²) in [5.41, 5.74) is 0.290. The molecule has 0 amide bonds. The zero-order valence-corrected chi connectivity index (χ0v) is 18.1. The summed E-state index contributed by atoms with van der Waals surface area (Å²) < 4.78 is 0. The van der Waals surface area contributed by atoms with Crippen LogP contribution in [-0.4, -0.2) is 45.3 Å². The van der Waals surface area contributed by atoms with Gasteiger partial charge in [0.2, 0.25) is 0 Å². The van der Waals surface area contributed by atoms with Gasteiger partial charge < -0.3 is 20.4 Å². The topological polar surface area (TPSA) is 80.9 Å². The fraction of sp³-hybridized carbons (Fsp3) is 1.00. The van der Waals surface area contributed by atoms with Gasteiger partial charge in [-0.15, -0.1) is 0 Å². The lowest BCUT2D eigenvalue weighted by Crippen LogP contribution is -2.60. The minimum Gasteiger partial charge on any atom is -0.396 e. The van der Waals surface area contributed by atoms with Gasteiger partial charge in [0.1, 0.15) is 0 Å². The van der Waals surface area contributed by atoms with Gasteiger partial charge in [-0.05, 0) is 104 Å². The van der Waals surface area contributed by atoms with E-state index in [0.29, 0.717) is 23.7 Å². The van der Waals surface area contributed by atoms with Crippen molar-refractivity contribution in [2.24, 2.45) is 46.3 Å². The van der Waals surface area contributed by atoms with Gasteiger partial charge in [0.15, 0.2) is 0 Å². The zero-order valence-electron chi connectivity index (χ0n) is 18.1. The summed E-state index contributed by atoms with van der Waals surface area (Å²) in [6, 6.07) is 0. The van der Waals surface area contributed by atoms with Crippen molar-refractivity contribution in [1.29, 1.82) is 0 Å². The second-order valence-electron chi connectivity index (χ2n) is 11.4. The van der Waals surface area contributed by atoms with E-state index in [1.54, 1.807) is 0 Å². The maximum absolute atomic E-state index is 11.3. The monoisotopic (exact) mass is 394 g/mol. The largest absolute Gasteiger partial charge is 0.396 e. The normalized spacial score (nSPS) is 54.5. The maximum atomic E-state index is 11.3. The van der Waals surface area contributed by atoms with Gasteiger partial charge >= 0.3 is 0 Å². The summed E-state index contributed by atoms with van der Waals surface area (Å²) in [6.45, 7) is 7.34. The van der Waals surface area contributed by atoms with E-state index in [2.05, 4.69) is 20.8 Å². The molecule has 4 aliphatic rings. The molecule has 4 rings (SSSR count). The summed E-state index contributed by atoms with van der Waals surface area (Å²) in [7, 11) is 0. The lowest BCUT2D eigenvalue weighted by Gasteiger charge is -2.62. The first-order chi connectivity index (χ1) is 13.2. The summed E-state index contributed by atoms with van der Waals surface area (Å²) in [6.07, 6.45) is 7.70. The molecule has 4 N–H and O–H groups in total. The first kappa shape index (κ1) is 21.1. The highest BCUT2D eigenvalue weighted by atomic mass is 16.3. The third-order valence-corrected chi connectivity index (χ3v) is 10.2. The molecule has 11 unspecified atom stereocenters. The maximum Gasteiger partial charge on any atom is 0.0580 e.